The minimum absolute atomic E-state index is 0.799. The van der Waals surface area contributed by atoms with Gasteiger partial charge < -0.3 is 4.90 Å². The van der Waals surface area contributed by atoms with Crippen LogP contribution in [-0.2, 0) is 0 Å². The number of hydrogen-bond acceptors (Lipinski definition) is 1. The van der Waals surface area contributed by atoms with Crippen LogP contribution in [0.2, 0.25) is 0 Å². The summed E-state index contributed by atoms with van der Waals surface area (Å²) in [5, 5.41) is 0. The van der Waals surface area contributed by atoms with Gasteiger partial charge in [-0.15, -0.1) is 0 Å². The molecule has 0 heterocycles. The molecule has 0 saturated carbocycles. The molecule has 0 aliphatic carbocycles. The van der Waals surface area contributed by atoms with Crippen LogP contribution in [0.1, 0.15) is 340 Å². The smallest absolute Gasteiger partial charge is 0.0219 e. The Kier molecular flexibility index (Phi) is 78.0. The second-order valence-corrected chi connectivity index (χ2v) is 18.8. The molecule has 0 N–H and O–H groups in total. The molecule has 0 bridgehead atoms. The minimum atomic E-state index is 0.799. The van der Waals surface area contributed by atoms with E-state index in [2.05, 4.69) is 80.4 Å². The summed E-state index contributed by atoms with van der Waals surface area (Å²) < 4.78 is 0. The average Bonchev–Trinajstić information content (AvgIpc) is 3.29. The van der Waals surface area contributed by atoms with Gasteiger partial charge in [0, 0.05) is 6.54 Å². The van der Waals surface area contributed by atoms with Gasteiger partial charge in [0.15, 0.2) is 0 Å². The third-order valence-corrected chi connectivity index (χ3v) is 12.5. The zero-order chi connectivity index (χ0) is 47.4. The Morgan fingerprint density at radius 3 is 0.871 bits per heavy atom. The average molecular weight is 875 g/mol. The lowest BCUT2D eigenvalue weighted by Gasteiger charge is -2.17. The lowest BCUT2D eigenvalue weighted by atomic mass is 9.89. The number of allylic oxidation sites excluding steroid dienone is 2. The normalized spacial score (nSPS) is 11.5. The van der Waals surface area contributed by atoms with E-state index in [4.69, 9.17) is 0 Å². The van der Waals surface area contributed by atoms with Crippen molar-refractivity contribution in [2.75, 3.05) is 6.54 Å². The quantitative estimate of drug-likeness (QED) is 0.0436. The van der Waals surface area contributed by atoms with Gasteiger partial charge in [0.1, 0.15) is 0 Å². The van der Waals surface area contributed by atoms with Crippen molar-refractivity contribution in [1.29, 1.82) is 0 Å². The molecule has 376 valence electrons. The summed E-state index contributed by atoms with van der Waals surface area (Å²) in [6.45, 7) is 35.4. The van der Waals surface area contributed by atoms with Gasteiger partial charge in [0.25, 0.3) is 0 Å². The van der Waals surface area contributed by atoms with Crippen molar-refractivity contribution < 1.29 is 0 Å². The number of rotatable bonds is 43. The standard InChI is InChI=1S/C24H50.C18H36.C9H17N.C8H18.C2H6/c1-4-7-10-13-15-17-20-23-24(21-18-12-9-6-3)22-19-16-14-11-8-5-2;1-5-7-9-11-12-14-16-18(17(3)4)15-13-10-8-6-2;1-4-7-9-10(6-3)8-5-2;1-3-5-7-8-6-4-2;1-2/h24H,4-23H2,1-3H3;18H,3,5-16H2,1-2,4H3;5-6,8H,3-4,7,9H2,1-2H3;3-8H2,1-2H3;1-2H3/b;;8-5-;;. The van der Waals surface area contributed by atoms with Crippen LogP contribution in [-0.4, -0.2) is 11.4 Å². The lowest BCUT2D eigenvalue weighted by Crippen LogP contribution is -2.09. The van der Waals surface area contributed by atoms with E-state index in [-0.39, 0.29) is 0 Å². The van der Waals surface area contributed by atoms with Gasteiger partial charge in [-0.05, 0) is 57.3 Å². The molecule has 0 aliphatic heterocycles. The lowest BCUT2D eigenvalue weighted by molar-refractivity contribution is 0.366. The van der Waals surface area contributed by atoms with E-state index in [0.717, 1.165) is 18.4 Å². The molecule has 2 unspecified atom stereocenters. The largest absolute Gasteiger partial charge is 0.355 e. The zero-order valence-corrected chi connectivity index (χ0v) is 46.2. The third-order valence-electron chi connectivity index (χ3n) is 12.5. The molecule has 0 aromatic rings. The number of hydrogen-bond donors (Lipinski definition) is 0. The zero-order valence-electron chi connectivity index (χ0n) is 46.2. The molecule has 0 spiro atoms. The maximum Gasteiger partial charge on any atom is 0.0219 e. The molecule has 0 radical (unpaired) electrons. The maximum atomic E-state index is 4.18. The van der Waals surface area contributed by atoms with E-state index >= 15 is 0 Å². The Morgan fingerprint density at radius 1 is 0.387 bits per heavy atom. The van der Waals surface area contributed by atoms with E-state index in [1.54, 1.807) is 0 Å². The first-order valence-corrected chi connectivity index (χ1v) is 29.0. The van der Waals surface area contributed by atoms with Crippen LogP contribution in [0.4, 0.5) is 0 Å². The summed E-state index contributed by atoms with van der Waals surface area (Å²) in [5.41, 5.74) is 1.42. The predicted molar refractivity (Wildman–Crippen MR) is 295 cm³/mol. The highest BCUT2D eigenvalue weighted by Crippen LogP contribution is 2.26. The molecule has 0 saturated heterocycles. The van der Waals surface area contributed by atoms with Crippen LogP contribution in [0, 0.1) is 11.8 Å². The maximum absolute atomic E-state index is 4.18. The Balaban J connectivity index is -0.000000249. The first-order chi connectivity index (χ1) is 30.3. The van der Waals surface area contributed by atoms with Crippen molar-refractivity contribution in [3.8, 4) is 0 Å². The van der Waals surface area contributed by atoms with E-state index in [9.17, 15) is 0 Å². The van der Waals surface area contributed by atoms with Gasteiger partial charge in [-0.25, -0.2) is 0 Å². The molecule has 0 fully saturated rings. The highest BCUT2D eigenvalue weighted by Gasteiger charge is 2.10. The first-order valence-electron chi connectivity index (χ1n) is 29.0. The summed E-state index contributed by atoms with van der Waals surface area (Å²) in [7, 11) is 0. The van der Waals surface area contributed by atoms with Crippen LogP contribution < -0.4 is 0 Å². The van der Waals surface area contributed by atoms with Crippen LogP contribution in [0.25, 0.3) is 0 Å². The number of nitrogens with zero attached hydrogens (tertiary/aromatic N) is 1. The van der Waals surface area contributed by atoms with Crippen molar-refractivity contribution in [3.63, 3.8) is 0 Å². The van der Waals surface area contributed by atoms with E-state index in [1.165, 1.54) is 262 Å². The predicted octanol–water partition coefficient (Wildman–Crippen LogP) is 23.5. The molecule has 0 aliphatic rings. The Morgan fingerprint density at radius 2 is 0.629 bits per heavy atom. The van der Waals surface area contributed by atoms with Crippen molar-refractivity contribution in [2.24, 2.45) is 11.8 Å². The first kappa shape index (κ1) is 70.0. The Bertz CT molecular complexity index is 759. The van der Waals surface area contributed by atoms with E-state index in [0.29, 0.717) is 0 Å². The highest BCUT2D eigenvalue weighted by molar-refractivity contribution is 4.95. The molecule has 0 rings (SSSR count). The molecule has 0 aromatic carbocycles. The van der Waals surface area contributed by atoms with Gasteiger partial charge >= 0.3 is 0 Å². The molecular formula is C61H127N. The van der Waals surface area contributed by atoms with Crippen LogP contribution >= 0.6 is 0 Å². The van der Waals surface area contributed by atoms with E-state index < -0.39 is 0 Å². The van der Waals surface area contributed by atoms with Crippen molar-refractivity contribution in [3.05, 3.63) is 37.2 Å². The van der Waals surface area contributed by atoms with Crippen molar-refractivity contribution >= 4 is 0 Å². The Labute approximate surface area is 398 Å². The SMILES string of the molecule is C=C(C)C(CCCCCC)CCCCCCCC.C=CN(/C=C\C)CCCC.CC.CCCCCCCC.CCCCCCCCCC(CCCCCC)CCCCCCCC. The molecular weight excluding hydrogens is 747 g/mol. The second-order valence-electron chi connectivity index (χ2n) is 18.8. The van der Waals surface area contributed by atoms with Crippen molar-refractivity contribution in [2.45, 2.75) is 340 Å². The fraction of sp³-hybridized carbons (Fsp3) is 0.902. The monoisotopic (exact) mass is 874 g/mol. The minimum Gasteiger partial charge on any atom is -0.355 e. The van der Waals surface area contributed by atoms with Gasteiger partial charge in [0.2, 0.25) is 0 Å². The summed E-state index contributed by atoms with van der Waals surface area (Å²) >= 11 is 0. The van der Waals surface area contributed by atoms with Crippen LogP contribution in [0.15, 0.2) is 37.2 Å². The summed E-state index contributed by atoms with van der Waals surface area (Å²) in [6.07, 6.45) is 63.0. The fourth-order valence-electron chi connectivity index (χ4n) is 8.13. The topological polar surface area (TPSA) is 3.24 Å². The summed E-state index contributed by atoms with van der Waals surface area (Å²) in [5.74, 6) is 1.84. The van der Waals surface area contributed by atoms with Gasteiger partial charge in [-0.2, -0.15) is 0 Å². The second kappa shape index (κ2) is 69.1. The van der Waals surface area contributed by atoms with Gasteiger partial charge in [-0.1, -0.05) is 332 Å². The Hall–Kier alpha value is -0.980. The molecule has 1 heteroatoms. The molecule has 0 aromatic heterocycles. The summed E-state index contributed by atoms with van der Waals surface area (Å²) in [6, 6.07) is 0. The van der Waals surface area contributed by atoms with Crippen LogP contribution in [0.5, 0.6) is 0 Å². The third kappa shape index (κ3) is 68.1. The fourth-order valence-corrected chi connectivity index (χ4v) is 8.13. The van der Waals surface area contributed by atoms with Gasteiger partial charge in [0.05, 0.1) is 0 Å². The molecule has 1 nitrogen and oxygen atoms in total. The van der Waals surface area contributed by atoms with Gasteiger partial charge in [-0.3, -0.25) is 0 Å². The number of unbranched alkanes of at least 4 members (excludes halogenated alkanes) is 28. The van der Waals surface area contributed by atoms with E-state index in [1.807, 2.05) is 39.2 Å². The van der Waals surface area contributed by atoms with Crippen LogP contribution in [0.3, 0.4) is 0 Å². The van der Waals surface area contributed by atoms with Crippen molar-refractivity contribution in [1.82, 2.24) is 4.90 Å². The highest BCUT2D eigenvalue weighted by atomic mass is 15.1. The molecule has 0 amide bonds. The summed E-state index contributed by atoms with van der Waals surface area (Å²) in [4.78, 5) is 2.10. The molecule has 62 heavy (non-hydrogen) atoms. The molecule has 2 atom stereocenters.